The second kappa shape index (κ2) is 20.2. The highest BCUT2D eigenvalue weighted by atomic mass is 32.2. The van der Waals surface area contributed by atoms with E-state index < -0.39 is 50.2 Å². The van der Waals surface area contributed by atoms with Gasteiger partial charge < -0.3 is 0 Å². The van der Waals surface area contributed by atoms with Gasteiger partial charge in [-0.05, 0) is 101 Å². The summed E-state index contributed by atoms with van der Waals surface area (Å²) in [6.07, 6.45) is 4.91. The van der Waals surface area contributed by atoms with E-state index in [2.05, 4.69) is 60.7 Å². The van der Waals surface area contributed by atoms with Gasteiger partial charge in [-0.1, -0.05) is 115 Å². The molecule has 6 aromatic carbocycles. The van der Waals surface area contributed by atoms with Crippen molar-refractivity contribution < 1.29 is 53.5 Å². The first kappa shape index (κ1) is 50.0. The van der Waals surface area contributed by atoms with Gasteiger partial charge in [-0.2, -0.15) is 25.5 Å². The molecule has 0 saturated heterocycles. The Morgan fingerprint density at radius 3 is 1.82 bits per heavy atom. The summed E-state index contributed by atoms with van der Waals surface area (Å²) in [7, 11) is -13.5. The molecule has 0 radical (unpaired) electrons. The molecular weight excluding hydrogens is 925 g/mol. The molecule has 0 atom stereocenters. The van der Waals surface area contributed by atoms with E-state index in [4.69, 9.17) is 5.26 Å². The van der Waals surface area contributed by atoms with Crippen molar-refractivity contribution in [2.75, 3.05) is 0 Å². The van der Waals surface area contributed by atoms with Gasteiger partial charge in [0.15, 0.2) is 21.8 Å². The molecule has 0 aliphatic carbocycles. The zero-order chi connectivity index (χ0) is 47.5. The molecule has 0 aliphatic heterocycles. The van der Waals surface area contributed by atoms with Crippen molar-refractivity contribution in [3.05, 3.63) is 150 Å². The second-order valence-corrected chi connectivity index (χ2v) is 22.3. The lowest BCUT2D eigenvalue weighted by atomic mass is 9.57. The molecule has 6 aromatic rings. The molecule has 336 valence electrons. The van der Waals surface area contributed by atoms with Gasteiger partial charge in [0.25, 0.3) is 20.2 Å². The van der Waals surface area contributed by atoms with Gasteiger partial charge >= 0.3 is 0 Å². The van der Waals surface area contributed by atoms with E-state index in [-0.39, 0.29) is 40.1 Å². The Bertz CT molecular complexity index is 3180. The SMILES string of the molecule is C=CCc1cc(BC)ccc1C(C)(C)c1ccc(Bc2cc(S(=O)(=O)O)cc3cc(SOO)cc(Bc4ccc(S(=O)(=O)c5ccc(C)c(SOO)c5)cc4S(=O)(=O)O)c23)cc1CC=C. The predicted molar refractivity (Wildman–Crippen MR) is 264 cm³/mol. The van der Waals surface area contributed by atoms with E-state index in [9.17, 15) is 39.6 Å². The standard InChI is InChI=1S/C45H45B3O12S5/c1-7-9-28-19-31(46-6)12-16-37(28)45(4,5)38-17-13-32(20-29(38)10-8-2)47-41-24-36(64(53,54)55)22-30-21-33(61-59-49)23-40(44(30)41)48-39-18-15-35(26-43(39)65(56,57)58)63(51,52)34-14-11-27(3)42(25-34)62-60-50/h7-8,11-26,46-50H,1-2,9-10H2,3-6H3,(H,53,54,55)(H,56,57,58). The summed E-state index contributed by atoms with van der Waals surface area (Å²) in [6.45, 7) is 16.1. The summed E-state index contributed by atoms with van der Waals surface area (Å²) in [5.74, 6) is 0. The molecule has 0 bridgehead atoms. The van der Waals surface area contributed by atoms with Gasteiger partial charge in [0, 0.05) is 15.2 Å². The van der Waals surface area contributed by atoms with Gasteiger partial charge in [-0.15, -0.1) is 13.2 Å². The molecule has 0 saturated carbocycles. The van der Waals surface area contributed by atoms with E-state index in [1.807, 2.05) is 30.4 Å². The molecule has 6 rings (SSSR count). The largest absolute Gasteiger partial charge is 0.294 e. The summed E-state index contributed by atoms with van der Waals surface area (Å²) in [6, 6.07) is 25.6. The van der Waals surface area contributed by atoms with Crippen molar-refractivity contribution in [2.24, 2.45) is 0 Å². The van der Waals surface area contributed by atoms with Crippen molar-refractivity contribution in [1.29, 1.82) is 0 Å². The number of hydrogen-bond donors (Lipinski definition) is 4. The smallest absolute Gasteiger partial charge is 0.282 e. The maximum Gasteiger partial charge on any atom is 0.294 e. The fourth-order valence-electron chi connectivity index (χ4n) is 8.32. The molecule has 0 aromatic heterocycles. The van der Waals surface area contributed by atoms with Crippen LogP contribution in [0.15, 0.2) is 152 Å². The lowest BCUT2D eigenvalue weighted by molar-refractivity contribution is -0.116. The van der Waals surface area contributed by atoms with E-state index in [0.717, 1.165) is 35.5 Å². The van der Waals surface area contributed by atoms with Crippen LogP contribution in [-0.4, -0.2) is 66.7 Å². The zero-order valence-corrected chi connectivity index (χ0v) is 40.0. The molecule has 4 N–H and O–H groups in total. The van der Waals surface area contributed by atoms with Crippen LogP contribution in [0, 0.1) is 6.92 Å². The van der Waals surface area contributed by atoms with E-state index >= 15 is 0 Å². The lowest BCUT2D eigenvalue weighted by Crippen LogP contribution is -2.37. The van der Waals surface area contributed by atoms with Crippen molar-refractivity contribution in [1.82, 2.24) is 0 Å². The van der Waals surface area contributed by atoms with Crippen molar-refractivity contribution in [3.8, 4) is 0 Å². The molecule has 0 amide bonds. The Kier molecular flexibility index (Phi) is 15.5. The average molecular weight is 971 g/mol. The number of allylic oxidation sites excluding steroid dienone is 2. The van der Waals surface area contributed by atoms with Crippen LogP contribution in [-0.2, 0) is 57.0 Å². The summed E-state index contributed by atoms with van der Waals surface area (Å²) in [5.41, 5.74) is 7.31. The first-order valence-electron chi connectivity index (χ1n) is 20.1. The van der Waals surface area contributed by atoms with Crippen LogP contribution in [0.4, 0.5) is 0 Å². The Balaban J connectivity index is 1.52. The summed E-state index contributed by atoms with van der Waals surface area (Å²) in [4.78, 5) is -1.24. The van der Waals surface area contributed by atoms with E-state index in [0.29, 0.717) is 58.8 Å². The number of benzene rings is 6. The quantitative estimate of drug-likeness (QED) is 0.0208. The topological polar surface area (TPSA) is 202 Å². The van der Waals surface area contributed by atoms with Gasteiger partial charge in [-0.25, -0.2) is 18.9 Å². The zero-order valence-electron chi connectivity index (χ0n) is 35.9. The minimum atomic E-state index is -5.07. The number of rotatable bonds is 19. The molecule has 0 unspecified atom stereocenters. The number of aryl methyl sites for hydroxylation is 1. The van der Waals surface area contributed by atoms with Crippen LogP contribution in [0.2, 0.25) is 6.82 Å². The van der Waals surface area contributed by atoms with Crippen molar-refractivity contribution >= 4 is 114 Å². The van der Waals surface area contributed by atoms with Crippen molar-refractivity contribution in [3.63, 3.8) is 0 Å². The second-order valence-electron chi connectivity index (χ2n) is 16.0. The van der Waals surface area contributed by atoms with Crippen molar-refractivity contribution in [2.45, 2.75) is 75.2 Å². The maximum atomic E-state index is 13.8. The number of sulfone groups is 1. The van der Waals surface area contributed by atoms with Gasteiger partial charge in [0.05, 0.1) is 43.7 Å². The van der Waals surface area contributed by atoms with E-state index in [1.54, 1.807) is 13.0 Å². The Labute approximate surface area is 390 Å². The lowest BCUT2D eigenvalue weighted by Gasteiger charge is -2.31. The van der Waals surface area contributed by atoms with Crippen LogP contribution in [0.3, 0.4) is 0 Å². The Morgan fingerprint density at radius 1 is 0.646 bits per heavy atom. The highest BCUT2D eigenvalue weighted by Gasteiger charge is 2.30. The maximum absolute atomic E-state index is 13.8. The monoisotopic (exact) mass is 970 g/mol. The fraction of sp³-hybridized carbons (Fsp3) is 0.156. The fourth-order valence-corrected chi connectivity index (χ4v) is 12.0. The number of fused-ring (bicyclic) bond motifs is 1. The molecule has 0 fully saturated rings. The van der Waals surface area contributed by atoms with Gasteiger partial charge in [0.1, 0.15) is 0 Å². The summed E-state index contributed by atoms with van der Waals surface area (Å²) < 4.78 is 109. The third-order valence-corrected chi connectivity index (χ3v) is 16.1. The Hall–Kier alpha value is -4.44. The Morgan fingerprint density at radius 2 is 1.23 bits per heavy atom. The minimum absolute atomic E-state index is 0.0129. The molecular formula is C45H45B3O12S5. The first-order valence-corrected chi connectivity index (χ1v) is 26.0. The highest BCUT2D eigenvalue weighted by molar-refractivity contribution is 7.95. The average Bonchev–Trinajstić information content (AvgIpc) is 3.24. The third-order valence-electron chi connectivity index (χ3n) is 11.4. The summed E-state index contributed by atoms with van der Waals surface area (Å²) >= 11 is 1.06. The highest BCUT2D eigenvalue weighted by Crippen LogP contribution is 2.36. The first-order chi connectivity index (χ1) is 30.7. The molecule has 20 heteroatoms. The molecule has 12 nitrogen and oxygen atoms in total. The van der Waals surface area contributed by atoms with E-state index in [1.165, 1.54) is 59.6 Å². The predicted octanol–water partition coefficient (Wildman–Crippen LogP) is 5.14. The van der Waals surface area contributed by atoms with Gasteiger partial charge in [0.2, 0.25) is 9.84 Å². The third kappa shape index (κ3) is 11.1. The van der Waals surface area contributed by atoms with Crippen LogP contribution >= 0.6 is 24.1 Å². The van der Waals surface area contributed by atoms with Crippen LogP contribution in [0.25, 0.3) is 10.8 Å². The molecule has 0 spiro atoms. The minimum Gasteiger partial charge on any atom is -0.282 e. The summed E-state index contributed by atoms with van der Waals surface area (Å²) in [5, 5.41) is 19.2. The number of hydrogen-bond acceptors (Lipinski definition) is 12. The normalized spacial score (nSPS) is 12.2. The molecule has 0 heterocycles. The van der Waals surface area contributed by atoms with Crippen LogP contribution in [0.5, 0.6) is 0 Å². The van der Waals surface area contributed by atoms with Gasteiger partial charge in [-0.3, -0.25) is 9.11 Å². The van der Waals surface area contributed by atoms with Crippen LogP contribution < -0.4 is 27.3 Å². The molecule has 0 aliphatic rings. The van der Waals surface area contributed by atoms with Crippen LogP contribution in [0.1, 0.15) is 41.7 Å². The molecule has 65 heavy (non-hydrogen) atoms.